The molecule has 1 fully saturated rings. The zero-order chi connectivity index (χ0) is 16.7. The average molecular weight is 321 g/mol. The molecule has 0 saturated carbocycles. The van der Waals surface area contributed by atoms with Crippen LogP contribution in [0.1, 0.15) is 25.3 Å². The van der Waals surface area contributed by atoms with E-state index >= 15 is 0 Å². The van der Waals surface area contributed by atoms with E-state index in [1.165, 1.54) is 0 Å². The highest BCUT2D eigenvalue weighted by atomic mass is 16.5. The molecule has 0 aliphatic carbocycles. The predicted molar refractivity (Wildman–Crippen MR) is 88.5 cm³/mol. The number of likely N-dealkylation sites (tertiary alicyclic amines) is 1. The molecule has 23 heavy (non-hydrogen) atoms. The van der Waals surface area contributed by atoms with Gasteiger partial charge in [-0.05, 0) is 44.9 Å². The first-order valence-electron chi connectivity index (χ1n) is 8.35. The van der Waals surface area contributed by atoms with Crippen LogP contribution in [0.3, 0.4) is 0 Å². The van der Waals surface area contributed by atoms with Crippen LogP contribution in [0, 0.1) is 12.8 Å². The number of ether oxygens (including phenoxy) is 2. The highest BCUT2D eigenvalue weighted by Crippen LogP contribution is 2.19. The van der Waals surface area contributed by atoms with Crippen LogP contribution in [0.2, 0.25) is 0 Å². The van der Waals surface area contributed by atoms with Crippen LogP contribution < -0.4 is 4.74 Å². The monoisotopic (exact) mass is 321 g/mol. The van der Waals surface area contributed by atoms with Gasteiger partial charge in [0.05, 0.1) is 12.5 Å². The van der Waals surface area contributed by atoms with Gasteiger partial charge in [-0.3, -0.25) is 9.69 Å². The largest absolute Gasteiger partial charge is 0.491 e. The first kappa shape index (κ1) is 17.8. The highest BCUT2D eigenvalue weighted by molar-refractivity contribution is 5.72. The molecule has 0 bridgehead atoms. The number of rotatable bonds is 7. The zero-order valence-electron chi connectivity index (χ0n) is 14.0. The topological polar surface area (TPSA) is 59.0 Å². The van der Waals surface area contributed by atoms with Crippen LogP contribution in [0.5, 0.6) is 5.75 Å². The maximum absolute atomic E-state index is 11.8. The van der Waals surface area contributed by atoms with E-state index in [0.29, 0.717) is 19.7 Å². The number of carbonyl (C=O) groups excluding carboxylic acids is 1. The molecule has 1 aromatic rings. The fourth-order valence-electron chi connectivity index (χ4n) is 2.93. The smallest absolute Gasteiger partial charge is 0.310 e. The number of para-hydroxylation sites is 1. The lowest BCUT2D eigenvalue weighted by atomic mass is 9.98. The van der Waals surface area contributed by atoms with Crippen LogP contribution in [0.15, 0.2) is 24.3 Å². The third-order valence-electron chi connectivity index (χ3n) is 4.12. The van der Waals surface area contributed by atoms with Gasteiger partial charge in [0.25, 0.3) is 0 Å². The molecule has 2 atom stereocenters. The van der Waals surface area contributed by atoms with Crippen molar-refractivity contribution in [1.82, 2.24) is 4.90 Å². The molecule has 0 amide bonds. The molecule has 1 heterocycles. The van der Waals surface area contributed by atoms with E-state index in [1.54, 1.807) is 0 Å². The number of benzene rings is 1. The van der Waals surface area contributed by atoms with E-state index in [0.717, 1.165) is 30.7 Å². The zero-order valence-corrected chi connectivity index (χ0v) is 14.0. The van der Waals surface area contributed by atoms with Gasteiger partial charge in [-0.15, -0.1) is 0 Å². The molecule has 0 radical (unpaired) electrons. The van der Waals surface area contributed by atoms with Crippen LogP contribution in [-0.4, -0.2) is 54.9 Å². The molecule has 128 valence electrons. The van der Waals surface area contributed by atoms with Crippen molar-refractivity contribution in [1.29, 1.82) is 0 Å². The molecule has 1 aromatic carbocycles. The standard InChI is InChI=1S/C18H27NO4/c1-3-22-18(21)15-8-6-10-19(11-15)12-16(20)13-23-17-9-5-4-7-14(17)2/h4-5,7,9,15-16,20H,3,6,8,10-13H2,1-2H3/t15-,16-/m0/s1. The molecule has 5 heteroatoms. The molecular formula is C18H27NO4. The number of hydrogen-bond acceptors (Lipinski definition) is 5. The minimum Gasteiger partial charge on any atom is -0.491 e. The third kappa shape index (κ3) is 5.52. The van der Waals surface area contributed by atoms with E-state index in [4.69, 9.17) is 9.47 Å². The molecule has 0 aromatic heterocycles. The van der Waals surface area contributed by atoms with E-state index in [-0.39, 0.29) is 18.5 Å². The number of nitrogens with zero attached hydrogens (tertiary/aromatic N) is 1. The number of β-amino-alcohol motifs (C(OH)–C–C–N with tert-alkyl or cyclic N) is 1. The Balaban J connectivity index is 1.77. The Morgan fingerprint density at radius 3 is 2.96 bits per heavy atom. The molecule has 1 aliphatic heterocycles. The molecule has 1 N–H and O–H groups in total. The Kier molecular flexibility index (Phi) is 6.86. The van der Waals surface area contributed by atoms with Crippen molar-refractivity contribution in [3.05, 3.63) is 29.8 Å². The molecule has 0 unspecified atom stereocenters. The Hall–Kier alpha value is -1.59. The van der Waals surface area contributed by atoms with Crippen LogP contribution >= 0.6 is 0 Å². The van der Waals surface area contributed by atoms with Gasteiger partial charge < -0.3 is 14.6 Å². The molecule has 1 saturated heterocycles. The quantitative estimate of drug-likeness (QED) is 0.779. The van der Waals surface area contributed by atoms with Gasteiger partial charge in [-0.2, -0.15) is 0 Å². The van der Waals surface area contributed by atoms with E-state index in [1.807, 2.05) is 38.1 Å². The van der Waals surface area contributed by atoms with Gasteiger partial charge in [0.15, 0.2) is 0 Å². The second-order valence-electron chi connectivity index (χ2n) is 6.08. The lowest BCUT2D eigenvalue weighted by Gasteiger charge is -2.32. The molecule has 5 nitrogen and oxygen atoms in total. The number of piperidine rings is 1. The summed E-state index contributed by atoms with van der Waals surface area (Å²) in [5.74, 6) is 0.602. The summed E-state index contributed by atoms with van der Waals surface area (Å²) in [6.45, 7) is 6.55. The number of hydrogen-bond donors (Lipinski definition) is 1. The molecule has 2 rings (SSSR count). The average Bonchev–Trinajstić information content (AvgIpc) is 2.54. The van der Waals surface area contributed by atoms with Gasteiger partial charge in [-0.1, -0.05) is 18.2 Å². The van der Waals surface area contributed by atoms with Gasteiger partial charge in [0.2, 0.25) is 0 Å². The fraction of sp³-hybridized carbons (Fsp3) is 0.611. The summed E-state index contributed by atoms with van der Waals surface area (Å²) in [7, 11) is 0. The van der Waals surface area contributed by atoms with Crippen molar-refractivity contribution in [2.24, 2.45) is 5.92 Å². The van der Waals surface area contributed by atoms with Gasteiger partial charge in [-0.25, -0.2) is 0 Å². The van der Waals surface area contributed by atoms with Crippen LogP contribution in [0.25, 0.3) is 0 Å². The van der Waals surface area contributed by atoms with Crippen LogP contribution in [0.4, 0.5) is 0 Å². The summed E-state index contributed by atoms with van der Waals surface area (Å²) < 4.78 is 10.8. The summed E-state index contributed by atoms with van der Waals surface area (Å²) in [6.07, 6.45) is 1.25. The van der Waals surface area contributed by atoms with Crippen molar-refractivity contribution >= 4 is 5.97 Å². The summed E-state index contributed by atoms with van der Waals surface area (Å²) in [5, 5.41) is 10.2. The van der Waals surface area contributed by atoms with E-state index in [2.05, 4.69) is 4.90 Å². The van der Waals surface area contributed by atoms with E-state index in [9.17, 15) is 9.90 Å². The Bertz CT molecular complexity index is 506. The van der Waals surface area contributed by atoms with Crippen molar-refractivity contribution in [3.8, 4) is 5.75 Å². The minimum absolute atomic E-state index is 0.0758. The van der Waals surface area contributed by atoms with Crippen molar-refractivity contribution in [2.45, 2.75) is 32.8 Å². The number of aryl methyl sites for hydroxylation is 1. The number of carbonyl (C=O) groups is 1. The first-order valence-corrected chi connectivity index (χ1v) is 8.35. The minimum atomic E-state index is -0.574. The first-order chi connectivity index (χ1) is 11.1. The lowest BCUT2D eigenvalue weighted by Crippen LogP contribution is -2.44. The van der Waals surface area contributed by atoms with Gasteiger partial charge in [0.1, 0.15) is 18.5 Å². The van der Waals surface area contributed by atoms with Crippen LogP contribution in [-0.2, 0) is 9.53 Å². The van der Waals surface area contributed by atoms with Crippen molar-refractivity contribution < 1.29 is 19.4 Å². The highest BCUT2D eigenvalue weighted by Gasteiger charge is 2.27. The summed E-state index contributed by atoms with van der Waals surface area (Å²) in [6, 6.07) is 7.77. The maximum atomic E-state index is 11.8. The Labute approximate surface area is 138 Å². The number of aliphatic hydroxyl groups excluding tert-OH is 1. The Morgan fingerprint density at radius 2 is 2.22 bits per heavy atom. The normalized spacial score (nSPS) is 20.0. The van der Waals surface area contributed by atoms with Crippen molar-refractivity contribution in [2.75, 3.05) is 32.8 Å². The van der Waals surface area contributed by atoms with Gasteiger partial charge in [0, 0.05) is 13.1 Å². The Morgan fingerprint density at radius 1 is 1.43 bits per heavy atom. The molecular weight excluding hydrogens is 294 g/mol. The SMILES string of the molecule is CCOC(=O)[C@H]1CCCN(C[C@H](O)COc2ccccc2C)C1. The second kappa shape index (κ2) is 8.89. The maximum Gasteiger partial charge on any atom is 0.310 e. The number of aliphatic hydroxyl groups is 1. The summed E-state index contributed by atoms with van der Waals surface area (Å²) in [5.41, 5.74) is 1.06. The second-order valence-corrected chi connectivity index (χ2v) is 6.08. The third-order valence-corrected chi connectivity index (χ3v) is 4.12. The predicted octanol–water partition coefficient (Wildman–Crippen LogP) is 2.01. The fourth-order valence-corrected chi connectivity index (χ4v) is 2.93. The number of esters is 1. The lowest BCUT2D eigenvalue weighted by molar-refractivity contribution is -0.150. The molecule has 0 spiro atoms. The summed E-state index contributed by atoms with van der Waals surface area (Å²) >= 11 is 0. The summed E-state index contributed by atoms with van der Waals surface area (Å²) in [4.78, 5) is 14.0. The molecule has 1 aliphatic rings. The van der Waals surface area contributed by atoms with Crippen molar-refractivity contribution in [3.63, 3.8) is 0 Å². The van der Waals surface area contributed by atoms with Gasteiger partial charge >= 0.3 is 5.97 Å². The van der Waals surface area contributed by atoms with E-state index < -0.39 is 6.10 Å².